The van der Waals surface area contributed by atoms with Gasteiger partial charge in [-0.3, -0.25) is 10.1 Å². The summed E-state index contributed by atoms with van der Waals surface area (Å²) < 4.78 is 0. The molecule has 5 heteroatoms. The maximum atomic E-state index is 10.5. The lowest BCUT2D eigenvalue weighted by atomic mass is 10.1. The van der Waals surface area contributed by atoms with Crippen LogP contribution in [0, 0.1) is 28.4 Å². The Hall–Kier alpha value is -1.54. The minimum absolute atomic E-state index is 0.0998. The highest BCUT2D eigenvalue weighted by molar-refractivity contribution is 7.80. The largest absolute Gasteiger partial charge is 0.288 e. The number of nitro benzene ring substituents is 1. The average molecular weight is 194 g/mol. The standard InChI is InChI=1S/C8H6N2O2S/c1-5-2-6(13)3-8(10(11)12)7(5)4-9/h2-3,13H,1H3. The fourth-order valence-corrected chi connectivity index (χ4v) is 1.36. The molecule has 0 aliphatic heterocycles. The molecule has 4 nitrogen and oxygen atoms in total. The van der Waals surface area contributed by atoms with Crippen molar-refractivity contribution >= 4 is 18.3 Å². The van der Waals surface area contributed by atoms with Crippen LogP contribution in [0.15, 0.2) is 17.0 Å². The van der Waals surface area contributed by atoms with E-state index in [1.807, 2.05) is 0 Å². The molecule has 0 saturated heterocycles. The lowest BCUT2D eigenvalue weighted by Gasteiger charge is -1.99. The third-order valence-electron chi connectivity index (χ3n) is 1.61. The van der Waals surface area contributed by atoms with Crippen LogP contribution in [0.4, 0.5) is 5.69 Å². The smallest absolute Gasteiger partial charge is 0.258 e. The van der Waals surface area contributed by atoms with Crippen LogP contribution >= 0.6 is 12.6 Å². The number of nitriles is 1. The molecule has 0 bridgehead atoms. The van der Waals surface area contributed by atoms with Crippen molar-refractivity contribution in [3.8, 4) is 6.07 Å². The molecule has 1 aromatic rings. The second-order valence-corrected chi connectivity index (χ2v) is 3.04. The van der Waals surface area contributed by atoms with Crippen LogP contribution in [0.25, 0.3) is 0 Å². The van der Waals surface area contributed by atoms with Crippen molar-refractivity contribution in [1.82, 2.24) is 0 Å². The van der Waals surface area contributed by atoms with Gasteiger partial charge in [0.25, 0.3) is 5.69 Å². The molecule has 0 N–H and O–H groups in total. The van der Waals surface area contributed by atoms with Crippen molar-refractivity contribution in [2.75, 3.05) is 0 Å². The Balaban J connectivity index is 3.50. The first-order valence-electron chi connectivity index (χ1n) is 3.44. The summed E-state index contributed by atoms with van der Waals surface area (Å²) in [4.78, 5) is 10.4. The van der Waals surface area contributed by atoms with Gasteiger partial charge in [-0.2, -0.15) is 5.26 Å². The summed E-state index contributed by atoms with van der Waals surface area (Å²) in [5.74, 6) is 0. The number of hydrogen-bond donors (Lipinski definition) is 1. The Bertz CT molecular complexity index is 409. The third kappa shape index (κ3) is 1.79. The molecule has 13 heavy (non-hydrogen) atoms. The molecule has 0 aliphatic rings. The van der Waals surface area contributed by atoms with Crippen molar-refractivity contribution < 1.29 is 4.92 Å². The molecular formula is C8H6N2O2S. The molecular weight excluding hydrogens is 188 g/mol. The second-order valence-electron chi connectivity index (χ2n) is 2.53. The van der Waals surface area contributed by atoms with E-state index in [1.54, 1.807) is 19.1 Å². The Morgan fingerprint density at radius 2 is 2.23 bits per heavy atom. The number of thiol groups is 1. The van der Waals surface area contributed by atoms with Gasteiger partial charge in [-0.1, -0.05) is 0 Å². The molecule has 0 atom stereocenters. The summed E-state index contributed by atoms with van der Waals surface area (Å²) in [7, 11) is 0. The fourth-order valence-electron chi connectivity index (χ4n) is 1.04. The van der Waals surface area contributed by atoms with Gasteiger partial charge in [-0.25, -0.2) is 0 Å². The Morgan fingerprint density at radius 1 is 1.62 bits per heavy atom. The van der Waals surface area contributed by atoms with E-state index >= 15 is 0 Å². The van der Waals surface area contributed by atoms with Crippen LogP contribution in [0.3, 0.4) is 0 Å². The van der Waals surface area contributed by atoms with Gasteiger partial charge in [-0.05, 0) is 18.6 Å². The van der Waals surface area contributed by atoms with Gasteiger partial charge in [0, 0.05) is 11.0 Å². The first kappa shape index (κ1) is 9.55. The number of aryl methyl sites for hydroxylation is 1. The molecule has 1 aromatic carbocycles. The van der Waals surface area contributed by atoms with Crippen molar-refractivity contribution in [3.05, 3.63) is 33.4 Å². The van der Waals surface area contributed by atoms with Crippen molar-refractivity contribution in [2.24, 2.45) is 0 Å². The molecule has 0 aliphatic carbocycles. The monoisotopic (exact) mass is 194 g/mol. The number of hydrogen-bond acceptors (Lipinski definition) is 4. The van der Waals surface area contributed by atoms with Crippen LogP contribution in [0.2, 0.25) is 0 Å². The lowest BCUT2D eigenvalue weighted by Crippen LogP contribution is -1.94. The molecule has 0 heterocycles. The van der Waals surface area contributed by atoms with E-state index < -0.39 is 4.92 Å². The summed E-state index contributed by atoms with van der Waals surface area (Å²) in [6.45, 7) is 1.64. The Kier molecular flexibility index (Phi) is 2.54. The topological polar surface area (TPSA) is 66.9 Å². The van der Waals surface area contributed by atoms with Gasteiger partial charge in [-0.15, -0.1) is 12.6 Å². The molecule has 0 spiro atoms. The minimum Gasteiger partial charge on any atom is -0.258 e. The second kappa shape index (κ2) is 3.46. The van der Waals surface area contributed by atoms with Crippen molar-refractivity contribution in [2.45, 2.75) is 11.8 Å². The van der Waals surface area contributed by atoms with Gasteiger partial charge < -0.3 is 0 Å². The van der Waals surface area contributed by atoms with E-state index in [4.69, 9.17) is 5.26 Å². The number of nitrogens with zero attached hydrogens (tertiary/aromatic N) is 2. The van der Waals surface area contributed by atoms with Gasteiger partial charge in [0.2, 0.25) is 0 Å². The quantitative estimate of drug-likeness (QED) is 0.422. The predicted octanol–water partition coefficient (Wildman–Crippen LogP) is 2.06. The molecule has 1 rings (SSSR count). The van der Waals surface area contributed by atoms with Crippen molar-refractivity contribution in [1.29, 1.82) is 5.26 Å². The Morgan fingerprint density at radius 3 is 2.69 bits per heavy atom. The molecule has 0 fully saturated rings. The molecule has 0 unspecified atom stereocenters. The van der Waals surface area contributed by atoms with E-state index in [0.717, 1.165) is 0 Å². The third-order valence-corrected chi connectivity index (χ3v) is 1.87. The first-order valence-corrected chi connectivity index (χ1v) is 3.89. The van der Waals surface area contributed by atoms with Crippen LogP contribution in [0.1, 0.15) is 11.1 Å². The summed E-state index contributed by atoms with van der Waals surface area (Å²) in [6, 6.07) is 4.69. The zero-order valence-corrected chi connectivity index (χ0v) is 7.71. The van der Waals surface area contributed by atoms with Gasteiger partial charge in [0.05, 0.1) is 4.92 Å². The summed E-state index contributed by atoms with van der Waals surface area (Å²) in [6.07, 6.45) is 0. The number of rotatable bonds is 1. The SMILES string of the molecule is Cc1cc(S)cc([N+](=O)[O-])c1C#N. The van der Waals surface area contributed by atoms with E-state index in [1.165, 1.54) is 6.07 Å². The molecule has 0 radical (unpaired) electrons. The minimum atomic E-state index is -0.578. The Labute approximate surface area is 80.4 Å². The summed E-state index contributed by atoms with van der Waals surface area (Å²) in [5, 5.41) is 19.2. The van der Waals surface area contributed by atoms with E-state index in [2.05, 4.69) is 12.6 Å². The van der Waals surface area contributed by atoms with Gasteiger partial charge in [0.1, 0.15) is 11.6 Å². The van der Waals surface area contributed by atoms with Crippen LogP contribution in [0.5, 0.6) is 0 Å². The molecule has 0 amide bonds. The van der Waals surface area contributed by atoms with E-state index in [0.29, 0.717) is 10.5 Å². The fraction of sp³-hybridized carbons (Fsp3) is 0.125. The first-order chi connectivity index (χ1) is 6.06. The zero-order valence-electron chi connectivity index (χ0n) is 6.81. The summed E-state index contributed by atoms with van der Waals surface area (Å²) in [5.41, 5.74) is 0.483. The van der Waals surface area contributed by atoms with E-state index in [9.17, 15) is 10.1 Å². The number of benzene rings is 1. The molecule has 0 saturated carbocycles. The zero-order chi connectivity index (χ0) is 10.0. The molecule has 0 aromatic heterocycles. The number of nitro groups is 1. The normalized spacial score (nSPS) is 9.31. The maximum Gasteiger partial charge on any atom is 0.288 e. The highest BCUT2D eigenvalue weighted by Gasteiger charge is 2.16. The highest BCUT2D eigenvalue weighted by Crippen LogP contribution is 2.24. The molecule has 66 valence electrons. The lowest BCUT2D eigenvalue weighted by molar-refractivity contribution is -0.385. The van der Waals surface area contributed by atoms with Crippen LogP contribution in [-0.4, -0.2) is 4.92 Å². The predicted molar refractivity (Wildman–Crippen MR) is 49.8 cm³/mol. The van der Waals surface area contributed by atoms with Crippen molar-refractivity contribution in [3.63, 3.8) is 0 Å². The van der Waals surface area contributed by atoms with E-state index in [-0.39, 0.29) is 11.3 Å². The van der Waals surface area contributed by atoms with Gasteiger partial charge >= 0.3 is 0 Å². The van der Waals surface area contributed by atoms with Gasteiger partial charge in [0.15, 0.2) is 0 Å². The van der Waals surface area contributed by atoms with Crippen LogP contribution < -0.4 is 0 Å². The van der Waals surface area contributed by atoms with Crippen LogP contribution in [-0.2, 0) is 0 Å². The maximum absolute atomic E-state index is 10.5. The summed E-state index contributed by atoms with van der Waals surface area (Å²) >= 11 is 3.99. The average Bonchev–Trinajstić information content (AvgIpc) is 2.02. The highest BCUT2D eigenvalue weighted by atomic mass is 32.1.